The van der Waals surface area contributed by atoms with Gasteiger partial charge in [-0.3, -0.25) is 4.79 Å². The minimum atomic E-state index is -3.82. The Hall–Kier alpha value is -2.71. The normalized spacial score (nSPS) is 12.9. The maximum Gasteiger partial charge on any atom is 0.258 e. The van der Waals surface area contributed by atoms with Crippen LogP contribution in [0.4, 0.5) is 5.69 Å². The summed E-state index contributed by atoms with van der Waals surface area (Å²) in [4.78, 5) is 14.7. The number of nitrogens with one attached hydrogen (secondary N) is 2. The van der Waals surface area contributed by atoms with E-state index < -0.39 is 22.0 Å². The highest BCUT2D eigenvalue weighted by atomic mass is 32.2. The van der Waals surface area contributed by atoms with Crippen molar-refractivity contribution in [3.05, 3.63) is 59.7 Å². The van der Waals surface area contributed by atoms with E-state index in [9.17, 15) is 13.2 Å². The Morgan fingerprint density at radius 2 is 1.67 bits per heavy atom. The van der Waals surface area contributed by atoms with Gasteiger partial charge in [0.1, 0.15) is 6.04 Å². The number of hydrogen-bond acceptors (Lipinski definition) is 5. The summed E-state index contributed by atoms with van der Waals surface area (Å²) in [6.45, 7) is 5.73. The number of sulfonamides is 1. The van der Waals surface area contributed by atoms with Crippen LogP contribution in [0.25, 0.3) is 0 Å². The summed E-state index contributed by atoms with van der Waals surface area (Å²) in [6, 6.07) is 13.2. The van der Waals surface area contributed by atoms with Crippen molar-refractivity contribution in [3.8, 4) is 0 Å². The molecule has 2 N–H and O–H groups in total. The number of benzene rings is 2. The maximum atomic E-state index is 12.7. The third kappa shape index (κ3) is 6.96. The standard InChI is InChI=1S/C22H30N4O3S/c1-16(2)14-21(25-30(28,29)20-12-6-17(3)7-13-20)22(27)24-23-15-18-8-10-19(11-9-18)26(4)5/h6-13,15-16,21,25H,14H2,1-5H3,(H,24,27)/b23-15+. The second-order valence-electron chi connectivity index (χ2n) is 7.84. The van der Waals surface area contributed by atoms with Crippen molar-refractivity contribution in [1.29, 1.82) is 0 Å². The summed E-state index contributed by atoms with van der Waals surface area (Å²) in [5.41, 5.74) is 5.28. The number of hydrogen-bond donors (Lipinski definition) is 2. The maximum absolute atomic E-state index is 12.7. The molecule has 0 fully saturated rings. The molecule has 1 atom stereocenters. The largest absolute Gasteiger partial charge is 0.378 e. The first-order valence-electron chi connectivity index (χ1n) is 9.78. The molecule has 0 bridgehead atoms. The summed E-state index contributed by atoms with van der Waals surface area (Å²) < 4.78 is 27.9. The molecule has 0 aliphatic rings. The quantitative estimate of drug-likeness (QED) is 0.473. The number of aryl methyl sites for hydroxylation is 1. The number of amides is 1. The summed E-state index contributed by atoms with van der Waals surface area (Å²) in [6.07, 6.45) is 1.88. The Kier molecular flexibility index (Phi) is 8.14. The van der Waals surface area contributed by atoms with Gasteiger partial charge in [0.25, 0.3) is 5.91 Å². The van der Waals surface area contributed by atoms with Gasteiger partial charge >= 0.3 is 0 Å². The second kappa shape index (κ2) is 10.4. The van der Waals surface area contributed by atoms with Crippen LogP contribution in [0, 0.1) is 12.8 Å². The molecule has 0 heterocycles. The SMILES string of the molecule is Cc1ccc(S(=O)(=O)NC(CC(C)C)C(=O)N/N=C/c2ccc(N(C)C)cc2)cc1. The number of anilines is 1. The van der Waals surface area contributed by atoms with Crippen LogP contribution < -0.4 is 15.0 Å². The zero-order valence-corrected chi connectivity index (χ0v) is 18.9. The molecule has 7 nitrogen and oxygen atoms in total. The van der Waals surface area contributed by atoms with Crippen molar-refractivity contribution in [2.45, 2.75) is 38.1 Å². The zero-order valence-electron chi connectivity index (χ0n) is 18.1. The smallest absolute Gasteiger partial charge is 0.258 e. The predicted molar refractivity (Wildman–Crippen MR) is 121 cm³/mol. The number of carbonyl (C=O) groups excluding carboxylic acids is 1. The Labute approximate surface area is 179 Å². The van der Waals surface area contributed by atoms with Crippen LogP contribution in [0.1, 0.15) is 31.4 Å². The van der Waals surface area contributed by atoms with Gasteiger partial charge in [-0.05, 0) is 49.1 Å². The molecule has 0 saturated carbocycles. The molecule has 2 aromatic carbocycles. The lowest BCUT2D eigenvalue weighted by Crippen LogP contribution is -2.46. The Morgan fingerprint density at radius 3 is 2.20 bits per heavy atom. The molecule has 1 amide bonds. The average molecular weight is 431 g/mol. The van der Waals surface area contributed by atoms with Crippen LogP contribution in [0.2, 0.25) is 0 Å². The molecule has 2 rings (SSSR count). The van der Waals surface area contributed by atoms with E-state index in [1.54, 1.807) is 12.1 Å². The highest BCUT2D eigenvalue weighted by molar-refractivity contribution is 7.89. The first-order chi connectivity index (χ1) is 14.1. The molecular weight excluding hydrogens is 400 g/mol. The lowest BCUT2D eigenvalue weighted by molar-refractivity contribution is -0.123. The van der Waals surface area contributed by atoms with Crippen LogP contribution in [0.3, 0.4) is 0 Å². The van der Waals surface area contributed by atoms with Gasteiger partial charge in [0.05, 0.1) is 11.1 Å². The Morgan fingerprint density at radius 1 is 1.07 bits per heavy atom. The van der Waals surface area contributed by atoms with Gasteiger partial charge < -0.3 is 4.90 Å². The van der Waals surface area contributed by atoms with Crippen LogP contribution in [-0.4, -0.2) is 40.7 Å². The van der Waals surface area contributed by atoms with E-state index in [-0.39, 0.29) is 10.8 Å². The molecule has 0 aromatic heterocycles. The summed E-state index contributed by atoms with van der Waals surface area (Å²) in [5.74, 6) is -0.385. The third-order valence-corrected chi connectivity index (χ3v) is 5.94. The molecule has 8 heteroatoms. The second-order valence-corrected chi connectivity index (χ2v) is 9.55. The molecule has 0 aliphatic heterocycles. The number of carbonyl (C=O) groups is 1. The fraction of sp³-hybridized carbons (Fsp3) is 0.364. The topological polar surface area (TPSA) is 90.9 Å². The van der Waals surface area contributed by atoms with Gasteiger partial charge in [0, 0.05) is 19.8 Å². The average Bonchev–Trinajstić information content (AvgIpc) is 2.67. The van der Waals surface area contributed by atoms with Gasteiger partial charge in [-0.1, -0.05) is 43.7 Å². The molecule has 162 valence electrons. The lowest BCUT2D eigenvalue weighted by Gasteiger charge is -2.19. The fourth-order valence-corrected chi connectivity index (χ4v) is 3.97. The predicted octanol–water partition coefficient (Wildman–Crippen LogP) is 2.90. The van der Waals surface area contributed by atoms with E-state index >= 15 is 0 Å². The highest BCUT2D eigenvalue weighted by Gasteiger charge is 2.26. The first kappa shape index (κ1) is 23.6. The van der Waals surface area contributed by atoms with Gasteiger partial charge in [-0.15, -0.1) is 0 Å². The zero-order chi connectivity index (χ0) is 22.3. The number of hydrazone groups is 1. The van der Waals surface area contributed by atoms with Crippen LogP contribution >= 0.6 is 0 Å². The van der Waals surface area contributed by atoms with Crippen molar-refractivity contribution in [2.75, 3.05) is 19.0 Å². The minimum absolute atomic E-state index is 0.115. The van der Waals surface area contributed by atoms with E-state index in [1.165, 1.54) is 18.3 Å². The molecule has 30 heavy (non-hydrogen) atoms. The van der Waals surface area contributed by atoms with Gasteiger partial charge in [-0.2, -0.15) is 9.82 Å². The molecule has 0 saturated heterocycles. The van der Waals surface area contributed by atoms with Crippen molar-refractivity contribution < 1.29 is 13.2 Å². The van der Waals surface area contributed by atoms with Gasteiger partial charge in [0.2, 0.25) is 10.0 Å². The first-order valence-corrected chi connectivity index (χ1v) is 11.3. The summed E-state index contributed by atoms with van der Waals surface area (Å²) >= 11 is 0. The van der Waals surface area contributed by atoms with E-state index in [0.717, 1.165) is 16.8 Å². The fourth-order valence-electron chi connectivity index (χ4n) is 2.76. The van der Waals surface area contributed by atoms with Crippen LogP contribution in [-0.2, 0) is 14.8 Å². The molecular formula is C22H30N4O3S. The molecule has 2 aromatic rings. The number of nitrogens with zero attached hydrogens (tertiary/aromatic N) is 2. The summed E-state index contributed by atoms with van der Waals surface area (Å²) in [5, 5.41) is 3.99. The van der Waals surface area contributed by atoms with E-state index in [4.69, 9.17) is 0 Å². The summed E-state index contributed by atoms with van der Waals surface area (Å²) in [7, 11) is 0.0840. The van der Waals surface area contributed by atoms with Crippen molar-refractivity contribution in [2.24, 2.45) is 11.0 Å². The molecule has 1 unspecified atom stereocenters. The van der Waals surface area contributed by atoms with E-state index in [0.29, 0.717) is 6.42 Å². The van der Waals surface area contributed by atoms with Gasteiger partial charge in [0.15, 0.2) is 0 Å². The number of rotatable bonds is 9. The highest BCUT2D eigenvalue weighted by Crippen LogP contribution is 2.14. The molecule has 0 aliphatic carbocycles. The third-order valence-electron chi connectivity index (χ3n) is 4.45. The van der Waals surface area contributed by atoms with Gasteiger partial charge in [-0.25, -0.2) is 13.8 Å². The van der Waals surface area contributed by atoms with Crippen molar-refractivity contribution in [1.82, 2.24) is 10.1 Å². The van der Waals surface area contributed by atoms with Crippen LogP contribution in [0.15, 0.2) is 58.5 Å². The lowest BCUT2D eigenvalue weighted by atomic mass is 10.0. The van der Waals surface area contributed by atoms with Crippen LogP contribution in [0.5, 0.6) is 0 Å². The van der Waals surface area contributed by atoms with E-state index in [1.807, 2.05) is 64.0 Å². The van der Waals surface area contributed by atoms with E-state index in [2.05, 4.69) is 15.2 Å². The van der Waals surface area contributed by atoms with Crippen molar-refractivity contribution in [3.63, 3.8) is 0 Å². The molecule has 0 radical (unpaired) electrons. The molecule has 0 spiro atoms. The Bertz CT molecular complexity index is 966. The minimum Gasteiger partial charge on any atom is -0.378 e. The Balaban J connectivity index is 2.08. The monoisotopic (exact) mass is 430 g/mol. The van der Waals surface area contributed by atoms with Crippen molar-refractivity contribution >= 4 is 27.8 Å².